The van der Waals surface area contributed by atoms with Crippen LogP contribution in [0.4, 0.5) is 22.0 Å². The van der Waals surface area contributed by atoms with E-state index in [1.165, 1.54) is 18.9 Å². The molecule has 1 aliphatic heterocycles. The van der Waals surface area contributed by atoms with Crippen LogP contribution in [0, 0.1) is 0 Å². The van der Waals surface area contributed by atoms with E-state index in [0.717, 1.165) is 16.0 Å². The fourth-order valence-electron chi connectivity index (χ4n) is 3.71. The summed E-state index contributed by atoms with van der Waals surface area (Å²) in [6, 6.07) is 14.2. The Labute approximate surface area is 182 Å². The monoisotopic (exact) mass is 461 g/mol. The lowest BCUT2D eigenvalue weighted by Crippen LogP contribution is -2.56. The van der Waals surface area contributed by atoms with Crippen LogP contribution in [0.15, 0.2) is 53.4 Å². The Bertz CT molecular complexity index is 893. The fraction of sp³-hybridized carbons (Fsp3) is 0.455. The number of fused-ring (bicyclic) bond motifs is 1. The summed E-state index contributed by atoms with van der Waals surface area (Å²) in [6.07, 6.45) is -9.20. The molecule has 2 N–H and O–H groups in total. The minimum absolute atomic E-state index is 0.206. The minimum Gasteiger partial charge on any atom is -0.497 e. The third-order valence-electron chi connectivity index (χ3n) is 5.68. The third kappa shape index (κ3) is 4.83. The molecule has 31 heavy (non-hydrogen) atoms. The molecular formula is C22H24F5NO2S. The van der Waals surface area contributed by atoms with Gasteiger partial charge < -0.3 is 9.84 Å². The van der Waals surface area contributed by atoms with E-state index in [0.29, 0.717) is 5.75 Å². The number of benzene rings is 2. The number of methoxy groups -OCH3 is 1. The van der Waals surface area contributed by atoms with Gasteiger partial charge >= 0.3 is 12.1 Å². The zero-order valence-electron chi connectivity index (χ0n) is 17.0. The number of aliphatic hydroxyl groups excluding tert-OH is 1. The second-order valence-electron chi connectivity index (χ2n) is 7.65. The molecule has 3 atom stereocenters. The van der Waals surface area contributed by atoms with Crippen molar-refractivity contribution in [1.29, 1.82) is 0 Å². The van der Waals surface area contributed by atoms with Gasteiger partial charge in [0.15, 0.2) is 0 Å². The zero-order valence-corrected chi connectivity index (χ0v) is 17.9. The van der Waals surface area contributed by atoms with Gasteiger partial charge in [0, 0.05) is 16.2 Å². The molecule has 0 amide bonds. The van der Waals surface area contributed by atoms with Gasteiger partial charge in [-0.3, -0.25) is 5.32 Å². The molecule has 1 heterocycles. The van der Waals surface area contributed by atoms with Gasteiger partial charge in [0.1, 0.15) is 11.9 Å². The summed E-state index contributed by atoms with van der Waals surface area (Å²) in [4.78, 5) is 0.841. The zero-order chi connectivity index (χ0) is 22.9. The lowest BCUT2D eigenvalue weighted by atomic mass is 9.86. The van der Waals surface area contributed by atoms with E-state index in [4.69, 9.17) is 4.74 Å². The molecule has 0 radical (unpaired) electrons. The van der Waals surface area contributed by atoms with Crippen molar-refractivity contribution >= 4 is 11.8 Å². The number of hydrogen-bond acceptors (Lipinski definition) is 4. The summed E-state index contributed by atoms with van der Waals surface area (Å²) in [5.41, 5.74) is 0.543. The predicted molar refractivity (Wildman–Crippen MR) is 110 cm³/mol. The number of ether oxygens (including phenoxy) is 1. The smallest absolute Gasteiger partial charge is 0.456 e. The maximum Gasteiger partial charge on any atom is 0.456 e. The van der Waals surface area contributed by atoms with Crippen LogP contribution in [0.1, 0.15) is 36.9 Å². The fourth-order valence-corrected chi connectivity index (χ4v) is 5.10. The Morgan fingerprint density at radius 3 is 2.42 bits per heavy atom. The van der Waals surface area contributed by atoms with Crippen LogP contribution in [0.5, 0.6) is 5.75 Å². The first-order valence-corrected chi connectivity index (χ1v) is 10.8. The van der Waals surface area contributed by atoms with Gasteiger partial charge in [-0.2, -0.15) is 22.0 Å². The van der Waals surface area contributed by atoms with Crippen molar-refractivity contribution in [3.8, 4) is 5.75 Å². The van der Waals surface area contributed by atoms with Crippen molar-refractivity contribution in [2.75, 3.05) is 12.9 Å². The first-order valence-electron chi connectivity index (χ1n) is 9.79. The number of aliphatic hydroxyl groups is 1. The highest BCUT2D eigenvalue weighted by atomic mass is 32.2. The number of hydrogen-bond donors (Lipinski definition) is 2. The van der Waals surface area contributed by atoms with E-state index in [1.54, 1.807) is 13.0 Å². The van der Waals surface area contributed by atoms with Crippen molar-refractivity contribution in [2.24, 2.45) is 0 Å². The molecule has 0 bridgehead atoms. The van der Waals surface area contributed by atoms with Crippen molar-refractivity contribution in [1.82, 2.24) is 5.32 Å². The van der Waals surface area contributed by atoms with Gasteiger partial charge in [-0.15, -0.1) is 11.8 Å². The average molecular weight is 461 g/mol. The molecule has 0 spiro atoms. The standard InChI is InChI=1S/C22H24F5NO2S/c1-3-20(12-18(29)21(23,24)22(25,26)27)13-31-17-11-15(30-2)9-10-16(17)19(28-20)14-7-5-4-6-8-14/h4-11,18-19,28-29H,3,12-13H2,1-2H3/t18?,19-,20-/m0/s1. The minimum atomic E-state index is -5.83. The van der Waals surface area contributed by atoms with Crippen molar-refractivity contribution in [3.05, 3.63) is 59.7 Å². The van der Waals surface area contributed by atoms with Crippen LogP contribution < -0.4 is 10.1 Å². The van der Waals surface area contributed by atoms with Crippen LogP contribution in [0.2, 0.25) is 0 Å². The number of rotatable bonds is 6. The van der Waals surface area contributed by atoms with Crippen molar-refractivity contribution in [3.63, 3.8) is 0 Å². The van der Waals surface area contributed by atoms with Gasteiger partial charge in [0.25, 0.3) is 0 Å². The maximum atomic E-state index is 13.8. The third-order valence-corrected chi connectivity index (χ3v) is 7.04. The molecule has 9 heteroatoms. The maximum absolute atomic E-state index is 13.8. The SMILES string of the molecule is CC[C@]1(CC(O)C(F)(F)C(F)(F)F)CSc2cc(OC)ccc2[C@H](c2ccccc2)N1. The van der Waals surface area contributed by atoms with Crippen LogP contribution >= 0.6 is 11.8 Å². The molecular weight excluding hydrogens is 437 g/mol. The van der Waals surface area contributed by atoms with Gasteiger partial charge in [-0.05, 0) is 36.1 Å². The first-order chi connectivity index (χ1) is 14.5. The van der Waals surface area contributed by atoms with Crippen LogP contribution in [0.3, 0.4) is 0 Å². The van der Waals surface area contributed by atoms with Gasteiger partial charge in [-0.1, -0.05) is 43.3 Å². The quantitative estimate of drug-likeness (QED) is 0.552. The van der Waals surface area contributed by atoms with E-state index < -0.39 is 36.2 Å². The average Bonchev–Trinajstić information content (AvgIpc) is 2.90. The van der Waals surface area contributed by atoms with Crippen LogP contribution in [-0.4, -0.2) is 41.7 Å². The number of nitrogens with one attached hydrogen (secondary N) is 1. The Balaban J connectivity index is 2.02. The second-order valence-corrected chi connectivity index (χ2v) is 8.67. The lowest BCUT2D eigenvalue weighted by Gasteiger charge is -2.39. The van der Waals surface area contributed by atoms with Gasteiger partial charge in [-0.25, -0.2) is 0 Å². The number of alkyl halides is 5. The Morgan fingerprint density at radius 1 is 1.16 bits per heavy atom. The van der Waals surface area contributed by atoms with Gasteiger partial charge in [0.2, 0.25) is 0 Å². The predicted octanol–water partition coefficient (Wildman–Crippen LogP) is 5.58. The van der Waals surface area contributed by atoms with E-state index in [1.807, 2.05) is 42.5 Å². The van der Waals surface area contributed by atoms with Crippen LogP contribution in [-0.2, 0) is 0 Å². The molecule has 0 aromatic heterocycles. The van der Waals surface area contributed by atoms with Crippen molar-refractivity contribution < 1.29 is 31.8 Å². The molecule has 3 nitrogen and oxygen atoms in total. The Hall–Kier alpha value is -1.84. The number of halogens is 5. The van der Waals surface area contributed by atoms with E-state index in [-0.39, 0.29) is 12.2 Å². The summed E-state index contributed by atoms with van der Waals surface area (Å²) in [5.74, 6) is -4.38. The van der Waals surface area contributed by atoms with E-state index in [2.05, 4.69) is 5.32 Å². The summed E-state index contributed by atoms with van der Waals surface area (Å²) >= 11 is 1.35. The highest BCUT2D eigenvalue weighted by molar-refractivity contribution is 7.99. The lowest BCUT2D eigenvalue weighted by molar-refractivity contribution is -0.315. The van der Waals surface area contributed by atoms with E-state index in [9.17, 15) is 27.1 Å². The molecule has 0 aliphatic carbocycles. The van der Waals surface area contributed by atoms with Gasteiger partial charge in [0.05, 0.1) is 13.2 Å². The molecule has 0 saturated carbocycles. The molecule has 1 aliphatic rings. The Kier molecular flexibility index (Phi) is 6.88. The highest BCUT2D eigenvalue weighted by Crippen LogP contribution is 2.45. The van der Waals surface area contributed by atoms with Crippen LogP contribution in [0.25, 0.3) is 0 Å². The Morgan fingerprint density at radius 2 is 1.84 bits per heavy atom. The summed E-state index contributed by atoms with van der Waals surface area (Å²) in [6.45, 7) is 1.71. The molecule has 2 aromatic carbocycles. The van der Waals surface area contributed by atoms with Crippen molar-refractivity contribution in [2.45, 2.75) is 54.4 Å². The normalized spacial score (nSPS) is 23.0. The molecule has 170 valence electrons. The topological polar surface area (TPSA) is 41.5 Å². The first kappa shape index (κ1) is 23.8. The second kappa shape index (κ2) is 8.96. The molecule has 0 saturated heterocycles. The highest BCUT2D eigenvalue weighted by Gasteiger charge is 2.63. The summed E-state index contributed by atoms with van der Waals surface area (Å²) < 4.78 is 71.5. The van der Waals surface area contributed by atoms with E-state index >= 15 is 0 Å². The molecule has 3 rings (SSSR count). The summed E-state index contributed by atoms with van der Waals surface area (Å²) in [7, 11) is 1.53. The number of thioether (sulfide) groups is 1. The molecule has 1 unspecified atom stereocenters. The summed E-state index contributed by atoms with van der Waals surface area (Å²) in [5, 5.41) is 13.3. The molecule has 2 aromatic rings. The largest absolute Gasteiger partial charge is 0.497 e. The molecule has 0 fully saturated rings.